The molecule has 0 aliphatic carbocycles. The first-order valence-corrected chi connectivity index (χ1v) is 10.6. The number of anilines is 1. The van der Waals surface area contributed by atoms with E-state index in [0.717, 1.165) is 44.1 Å². The molecule has 0 radical (unpaired) electrons. The van der Waals surface area contributed by atoms with Crippen LogP contribution in [0.15, 0.2) is 42.7 Å². The summed E-state index contributed by atoms with van der Waals surface area (Å²) in [5, 5.41) is 19.6. The molecule has 0 saturated carbocycles. The first kappa shape index (κ1) is 23.4. The minimum absolute atomic E-state index is 0.00245. The van der Waals surface area contributed by atoms with E-state index in [2.05, 4.69) is 20.7 Å². The lowest BCUT2D eigenvalue weighted by atomic mass is 10.0. The highest BCUT2D eigenvalue weighted by Gasteiger charge is 2.32. The molecular weight excluding hydrogens is 452 g/mol. The molecule has 1 saturated heterocycles. The van der Waals surface area contributed by atoms with Crippen molar-refractivity contribution in [3.63, 3.8) is 0 Å². The lowest BCUT2D eigenvalue weighted by molar-refractivity contribution is -0.141. The Morgan fingerprint density at radius 1 is 1.26 bits per heavy atom. The summed E-state index contributed by atoms with van der Waals surface area (Å²) in [5.74, 6) is -1.42. The van der Waals surface area contributed by atoms with Crippen molar-refractivity contribution in [1.82, 2.24) is 20.1 Å². The number of amides is 1. The van der Waals surface area contributed by atoms with E-state index in [1.54, 1.807) is 10.9 Å². The zero-order valence-electron chi connectivity index (χ0n) is 17.9. The molecule has 2 N–H and O–H groups in total. The van der Waals surface area contributed by atoms with E-state index in [1.165, 1.54) is 18.3 Å². The number of benzene rings is 1. The van der Waals surface area contributed by atoms with Gasteiger partial charge >= 0.3 is 6.18 Å². The molecule has 0 atom stereocenters. The van der Waals surface area contributed by atoms with Crippen LogP contribution in [-0.2, 0) is 17.4 Å². The Bertz CT molecular complexity index is 1240. The van der Waals surface area contributed by atoms with Crippen LogP contribution in [0.3, 0.4) is 0 Å². The van der Waals surface area contributed by atoms with E-state index in [1.807, 2.05) is 6.07 Å². The number of hydrogen-bond donors (Lipinski definition) is 2. The van der Waals surface area contributed by atoms with Gasteiger partial charge in [0.2, 0.25) is 5.91 Å². The van der Waals surface area contributed by atoms with Gasteiger partial charge in [-0.1, -0.05) is 6.07 Å². The van der Waals surface area contributed by atoms with E-state index < -0.39 is 30.0 Å². The van der Waals surface area contributed by atoms with Crippen LogP contribution < -0.4 is 10.6 Å². The summed E-state index contributed by atoms with van der Waals surface area (Å²) in [7, 11) is 0. The molecule has 2 aromatic heterocycles. The van der Waals surface area contributed by atoms with Crippen molar-refractivity contribution in [2.24, 2.45) is 0 Å². The Morgan fingerprint density at radius 2 is 2.03 bits per heavy atom. The average Bonchev–Trinajstić information content (AvgIpc) is 3.28. The molecule has 34 heavy (non-hydrogen) atoms. The highest BCUT2D eigenvalue weighted by molar-refractivity contribution is 5.92. The summed E-state index contributed by atoms with van der Waals surface area (Å²) in [5.41, 5.74) is -0.669. The average molecular weight is 472 g/mol. The standard InChI is InChI=1S/C23H20F4N6O/c24-19-9-17(32-21(34)10-16-2-1-3-20(31-16)23(25,26)27)8-14(11-28)22(19)15-12-30-33(13-15)18-4-6-29-7-5-18/h1-3,8-9,12-13,18,29H,4-7,10H2,(H,32,34). The third-order valence-corrected chi connectivity index (χ3v) is 5.51. The van der Waals surface area contributed by atoms with E-state index in [0.29, 0.717) is 5.56 Å². The van der Waals surface area contributed by atoms with Crippen molar-refractivity contribution < 1.29 is 22.4 Å². The lowest BCUT2D eigenvalue weighted by Crippen LogP contribution is -2.29. The molecule has 0 spiro atoms. The normalized spacial score (nSPS) is 14.6. The van der Waals surface area contributed by atoms with Crippen LogP contribution in [0.1, 0.15) is 35.8 Å². The second-order valence-corrected chi connectivity index (χ2v) is 7.92. The van der Waals surface area contributed by atoms with Crippen molar-refractivity contribution in [1.29, 1.82) is 5.26 Å². The van der Waals surface area contributed by atoms with Crippen LogP contribution in [0.2, 0.25) is 0 Å². The molecule has 1 aliphatic heterocycles. The summed E-state index contributed by atoms with van der Waals surface area (Å²) < 4.78 is 55.2. The summed E-state index contributed by atoms with van der Waals surface area (Å²) >= 11 is 0. The molecule has 1 aliphatic rings. The topological polar surface area (TPSA) is 95.6 Å². The highest BCUT2D eigenvalue weighted by Crippen LogP contribution is 2.31. The van der Waals surface area contributed by atoms with Crippen LogP contribution >= 0.6 is 0 Å². The van der Waals surface area contributed by atoms with Crippen LogP contribution in [-0.4, -0.2) is 33.8 Å². The monoisotopic (exact) mass is 472 g/mol. The van der Waals surface area contributed by atoms with E-state index in [-0.39, 0.29) is 28.6 Å². The molecule has 1 amide bonds. The fourth-order valence-corrected chi connectivity index (χ4v) is 3.90. The number of aromatic nitrogens is 3. The zero-order valence-corrected chi connectivity index (χ0v) is 17.9. The van der Waals surface area contributed by atoms with Crippen molar-refractivity contribution in [3.8, 4) is 17.2 Å². The van der Waals surface area contributed by atoms with Gasteiger partial charge in [-0.3, -0.25) is 9.48 Å². The smallest absolute Gasteiger partial charge is 0.326 e. The summed E-state index contributed by atoms with van der Waals surface area (Å²) in [6, 6.07) is 7.76. The van der Waals surface area contributed by atoms with Gasteiger partial charge in [0, 0.05) is 23.0 Å². The Labute approximate surface area is 192 Å². The maximum Gasteiger partial charge on any atom is 0.433 e. The van der Waals surface area contributed by atoms with Gasteiger partial charge in [-0.15, -0.1) is 0 Å². The van der Waals surface area contributed by atoms with E-state index in [4.69, 9.17) is 0 Å². The van der Waals surface area contributed by atoms with Crippen molar-refractivity contribution in [2.75, 3.05) is 18.4 Å². The largest absolute Gasteiger partial charge is 0.433 e. The number of carbonyl (C=O) groups excluding carboxylic acids is 1. The molecule has 0 unspecified atom stereocenters. The third kappa shape index (κ3) is 5.23. The van der Waals surface area contributed by atoms with E-state index >= 15 is 4.39 Å². The Morgan fingerprint density at radius 3 is 2.74 bits per heavy atom. The fraction of sp³-hybridized carbons (Fsp3) is 0.304. The van der Waals surface area contributed by atoms with Gasteiger partial charge < -0.3 is 10.6 Å². The number of nitriles is 1. The molecule has 3 heterocycles. The number of nitrogens with one attached hydrogen (secondary N) is 2. The maximum absolute atomic E-state index is 15.0. The number of piperidine rings is 1. The van der Waals surface area contributed by atoms with Crippen LogP contribution in [0.4, 0.5) is 23.2 Å². The van der Waals surface area contributed by atoms with Gasteiger partial charge in [0.15, 0.2) is 0 Å². The number of alkyl halides is 3. The Balaban J connectivity index is 1.52. The molecule has 0 bridgehead atoms. The number of carbonyl (C=O) groups is 1. The Hall–Kier alpha value is -3.78. The number of hydrogen-bond acceptors (Lipinski definition) is 5. The summed E-state index contributed by atoms with van der Waals surface area (Å²) in [6.07, 6.45) is -0.0977. The first-order valence-electron chi connectivity index (χ1n) is 10.6. The molecule has 176 valence electrons. The fourth-order valence-electron chi connectivity index (χ4n) is 3.90. The molecule has 11 heteroatoms. The molecule has 1 aromatic carbocycles. The summed E-state index contributed by atoms with van der Waals surface area (Å²) in [4.78, 5) is 15.8. The second-order valence-electron chi connectivity index (χ2n) is 7.92. The minimum Gasteiger partial charge on any atom is -0.326 e. The van der Waals surface area contributed by atoms with E-state index in [9.17, 15) is 23.2 Å². The van der Waals surface area contributed by atoms with Gasteiger partial charge in [0.1, 0.15) is 11.5 Å². The minimum atomic E-state index is -4.63. The van der Waals surface area contributed by atoms with Gasteiger partial charge in [-0.2, -0.15) is 23.5 Å². The van der Waals surface area contributed by atoms with Gasteiger partial charge in [-0.05, 0) is 50.2 Å². The molecule has 1 fully saturated rings. The first-order chi connectivity index (χ1) is 16.2. The Kier molecular flexibility index (Phi) is 6.61. The van der Waals surface area contributed by atoms with Crippen molar-refractivity contribution in [2.45, 2.75) is 31.5 Å². The molecule has 4 rings (SSSR count). The molecule has 7 nitrogen and oxygen atoms in total. The van der Waals surface area contributed by atoms with Crippen molar-refractivity contribution in [3.05, 3.63) is 65.5 Å². The van der Waals surface area contributed by atoms with Gasteiger partial charge in [0.05, 0.1) is 36.0 Å². The quantitative estimate of drug-likeness (QED) is 0.546. The van der Waals surface area contributed by atoms with Gasteiger partial charge in [-0.25, -0.2) is 9.37 Å². The van der Waals surface area contributed by atoms with Gasteiger partial charge in [0.25, 0.3) is 0 Å². The predicted molar refractivity (Wildman–Crippen MR) is 115 cm³/mol. The van der Waals surface area contributed by atoms with Crippen LogP contribution in [0.5, 0.6) is 0 Å². The third-order valence-electron chi connectivity index (χ3n) is 5.51. The second kappa shape index (κ2) is 9.61. The number of rotatable bonds is 5. The van der Waals surface area contributed by atoms with Crippen LogP contribution in [0.25, 0.3) is 11.1 Å². The highest BCUT2D eigenvalue weighted by atomic mass is 19.4. The molecular formula is C23H20F4N6O. The van der Waals surface area contributed by atoms with Crippen molar-refractivity contribution >= 4 is 11.6 Å². The predicted octanol–water partition coefficient (Wildman–Crippen LogP) is 4.08. The molecule has 3 aromatic rings. The number of nitrogens with zero attached hydrogens (tertiary/aromatic N) is 4. The number of pyridine rings is 1. The SMILES string of the molecule is N#Cc1cc(NC(=O)Cc2cccc(C(F)(F)F)n2)cc(F)c1-c1cnn(C2CCNCC2)c1. The summed E-state index contributed by atoms with van der Waals surface area (Å²) in [6.45, 7) is 1.73. The zero-order chi connectivity index (χ0) is 24.3. The lowest BCUT2D eigenvalue weighted by Gasteiger charge is -2.22. The number of halogens is 4. The van der Waals surface area contributed by atoms with Crippen LogP contribution in [0, 0.1) is 17.1 Å². The maximum atomic E-state index is 15.0.